The van der Waals surface area contributed by atoms with Gasteiger partial charge in [0.15, 0.2) is 0 Å². The molecule has 1 heterocycles. The van der Waals surface area contributed by atoms with Crippen LogP contribution in [0.1, 0.15) is 30.0 Å². The molecule has 1 aromatic heterocycles. The van der Waals surface area contributed by atoms with E-state index in [1.165, 1.54) is 6.20 Å². The largest absolute Gasteiger partial charge is 0.350 e. The molecule has 1 aromatic rings. The quantitative estimate of drug-likeness (QED) is 0.708. The first-order chi connectivity index (χ1) is 6.50. The zero-order valence-electron chi connectivity index (χ0n) is 8.42. The molecule has 5 heteroatoms. The van der Waals surface area contributed by atoms with Crippen LogP contribution in [0, 0.1) is 6.92 Å². The summed E-state index contributed by atoms with van der Waals surface area (Å²) < 4.78 is 0. The zero-order valence-corrected chi connectivity index (χ0v) is 8.42. The second-order valence-corrected chi connectivity index (χ2v) is 3.34. The molecule has 76 valence electrons. The topological polar surface area (TPSA) is 74.8 Å². The van der Waals surface area contributed by atoms with Crippen molar-refractivity contribution >= 4 is 5.91 Å². The van der Waals surface area contributed by atoms with Gasteiger partial charge in [-0.05, 0) is 20.8 Å². The standard InChI is InChI=1S/C9H13N3O2/c1-5(2)11-8(13)7-4-10-6(3)12-9(7)14/h4-5H,1-3H3,(H,11,13)(H,10,12,14). The van der Waals surface area contributed by atoms with Crippen LogP contribution in [0.3, 0.4) is 0 Å². The summed E-state index contributed by atoms with van der Waals surface area (Å²) in [6.07, 6.45) is 1.28. The lowest BCUT2D eigenvalue weighted by Crippen LogP contribution is -2.34. The van der Waals surface area contributed by atoms with Gasteiger partial charge in [0.25, 0.3) is 11.5 Å². The van der Waals surface area contributed by atoms with Crippen molar-refractivity contribution in [3.8, 4) is 0 Å². The minimum absolute atomic E-state index is 0.00297. The molecule has 0 atom stereocenters. The van der Waals surface area contributed by atoms with Crippen LogP contribution in [0.2, 0.25) is 0 Å². The molecule has 0 saturated heterocycles. The van der Waals surface area contributed by atoms with Crippen molar-refractivity contribution in [2.24, 2.45) is 0 Å². The summed E-state index contributed by atoms with van der Waals surface area (Å²) in [6.45, 7) is 5.31. The Balaban J connectivity index is 2.97. The van der Waals surface area contributed by atoms with E-state index in [0.29, 0.717) is 5.82 Å². The number of hydrogen-bond donors (Lipinski definition) is 2. The first-order valence-electron chi connectivity index (χ1n) is 4.37. The van der Waals surface area contributed by atoms with Gasteiger partial charge in [0.05, 0.1) is 0 Å². The van der Waals surface area contributed by atoms with E-state index in [9.17, 15) is 9.59 Å². The van der Waals surface area contributed by atoms with Crippen LogP contribution >= 0.6 is 0 Å². The maximum Gasteiger partial charge on any atom is 0.263 e. The number of amides is 1. The third-order valence-corrected chi connectivity index (χ3v) is 1.59. The Morgan fingerprint density at radius 2 is 2.21 bits per heavy atom. The van der Waals surface area contributed by atoms with Crippen LogP contribution in [-0.4, -0.2) is 21.9 Å². The maximum atomic E-state index is 11.4. The summed E-state index contributed by atoms with van der Waals surface area (Å²) in [5, 5.41) is 2.62. The predicted octanol–water partition coefficient (Wildman–Crippen LogP) is 0.217. The van der Waals surface area contributed by atoms with Crippen LogP contribution in [0.15, 0.2) is 11.0 Å². The molecule has 5 nitrogen and oxygen atoms in total. The van der Waals surface area contributed by atoms with E-state index in [1.807, 2.05) is 13.8 Å². The smallest absolute Gasteiger partial charge is 0.263 e. The lowest BCUT2D eigenvalue weighted by atomic mass is 10.3. The Labute approximate surface area is 81.6 Å². The van der Waals surface area contributed by atoms with Gasteiger partial charge >= 0.3 is 0 Å². The molecule has 0 spiro atoms. The zero-order chi connectivity index (χ0) is 10.7. The highest BCUT2D eigenvalue weighted by atomic mass is 16.2. The van der Waals surface area contributed by atoms with E-state index in [0.717, 1.165) is 0 Å². The average molecular weight is 195 g/mol. The van der Waals surface area contributed by atoms with Gasteiger partial charge in [-0.25, -0.2) is 4.98 Å². The van der Waals surface area contributed by atoms with E-state index >= 15 is 0 Å². The summed E-state index contributed by atoms with van der Waals surface area (Å²) in [4.78, 5) is 29.0. The summed E-state index contributed by atoms with van der Waals surface area (Å²) in [5.74, 6) is 0.102. The molecule has 0 aliphatic carbocycles. The number of aromatic nitrogens is 2. The van der Waals surface area contributed by atoms with Crippen molar-refractivity contribution in [3.05, 3.63) is 27.9 Å². The first kappa shape index (κ1) is 10.4. The molecule has 2 N–H and O–H groups in total. The maximum absolute atomic E-state index is 11.4. The summed E-state index contributed by atoms with van der Waals surface area (Å²) in [7, 11) is 0. The van der Waals surface area contributed by atoms with Crippen LogP contribution in [0.5, 0.6) is 0 Å². The second kappa shape index (κ2) is 4.04. The van der Waals surface area contributed by atoms with Gasteiger partial charge in [-0.1, -0.05) is 0 Å². The number of hydrogen-bond acceptors (Lipinski definition) is 3. The van der Waals surface area contributed by atoms with E-state index in [-0.39, 0.29) is 11.6 Å². The molecular weight excluding hydrogens is 182 g/mol. The second-order valence-electron chi connectivity index (χ2n) is 3.34. The van der Waals surface area contributed by atoms with Gasteiger partial charge in [-0.15, -0.1) is 0 Å². The lowest BCUT2D eigenvalue weighted by molar-refractivity contribution is 0.0941. The molecule has 0 aliphatic rings. The van der Waals surface area contributed by atoms with Gasteiger partial charge in [-0.3, -0.25) is 9.59 Å². The van der Waals surface area contributed by atoms with Crippen LogP contribution < -0.4 is 10.9 Å². The molecule has 0 aromatic carbocycles. The Hall–Kier alpha value is -1.65. The number of carbonyl (C=O) groups excluding carboxylic acids is 1. The molecule has 1 amide bonds. The van der Waals surface area contributed by atoms with Crippen LogP contribution in [0.25, 0.3) is 0 Å². The molecule has 0 bridgehead atoms. The SMILES string of the molecule is Cc1ncc(C(=O)NC(C)C)c(=O)[nH]1. The fourth-order valence-electron chi connectivity index (χ4n) is 0.986. The van der Waals surface area contributed by atoms with Crippen LogP contribution in [0.4, 0.5) is 0 Å². The third kappa shape index (κ3) is 2.42. The molecule has 0 radical (unpaired) electrons. The van der Waals surface area contributed by atoms with Crippen molar-refractivity contribution in [1.82, 2.24) is 15.3 Å². The highest BCUT2D eigenvalue weighted by Gasteiger charge is 2.11. The van der Waals surface area contributed by atoms with E-state index in [2.05, 4.69) is 15.3 Å². The van der Waals surface area contributed by atoms with E-state index in [1.54, 1.807) is 6.92 Å². The van der Waals surface area contributed by atoms with E-state index in [4.69, 9.17) is 0 Å². The molecule has 0 unspecified atom stereocenters. The Kier molecular flexibility index (Phi) is 3.01. The van der Waals surface area contributed by atoms with Crippen molar-refractivity contribution in [2.45, 2.75) is 26.8 Å². The highest BCUT2D eigenvalue weighted by molar-refractivity contribution is 5.93. The predicted molar refractivity (Wildman–Crippen MR) is 52.2 cm³/mol. The summed E-state index contributed by atoms with van der Waals surface area (Å²) in [5.41, 5.74) is -0.361. The third-order valence-electron chi connectivity index (χ3n) is 1.59. The van der Waals surface area contributed by atoms with Gasteiger partial charge in [0.1, 0.15) is 11.4 Å². The fourth-order valence-corrected chi connectivity index (χ4v) is 0.986. The van der Waals surface area contributed by atoms with Crippen LogP contribution in [-0.2, 0) is 0 Å². The Morgan fingerprint density at radius 3 is 2.71 bits per heavy atom. The number of carbonyl (C=O) groups is 1. The van der Waals surface area contributed by atoms with Gasteiger partial charge in [-0.2, -0.15) is 0 Å². The minimum Gasteiger partial charge on any atom is -0.350 e. The first-order valence-corrected chi connectivity index (χ1v) is 4.37. The number of nitrogens with one attached hydrogen (secondary N) is 2. The van der Waals surface area contributed by atoms with Crippen molar-refractivity contribution < 1.29 is 4.79 Å². The molecule has 0 saturated carbocycles. The van der Waals surface area contributed by atoms with Gasteiger partial charge in [0, 0.05) is 12.2 Å². The highest BCUT2D eigenvalue weighted by Crippen LogP contribution is 1.90. The number of aryl methyl sites for hydroxylation is 1. The lowest BCUT2D eigenvalue weighted by Gasteiger charge is -2.06. The molecular formula is C9H13N3O2. The van der Waals surface area contributed by atoms with Crippen molar-refractivity contribution in [3.63, 3.8) is 0 Å². The number of H-pyrrole nitrogens is 1. The van der Waals surface area contributed by atoms with Crippen molar-refractivity contribution in [2.75, 3.05) is 0 Å². The monoisotopic (exact) mass is 195 g/mol. The van der Waals surface area contributed by atoms with Gasteiger partial charge in [0.2, 0.25) is 0 Å². The summed E-state index contributed by atoms with van der Waals surface area (Å²) in [6, 6.07) is 0.00297. The van der Waals surface area contributed by atoms with Gasteiger partial charge < -0.3 is 10.3 Å². The molecule has 14 heavy (non-hydrogen) atoms. The van der Waals surface area contributed by atoms with E-state index < -0.39 is 11.5 Å². The number of nitrogens with zero attached hydrogens (tertiary/aromatic N) is 1. The number of aromatic amines is 1. The average Bonchev–Trinajstić information content (AvgIpc) is 2.01. The summed E-state index contributed by atoms with van der Waals surface area (Å²) >= 11 is 0. The minimum atomic E-state index is -0.407. The van der Waals surface area contributed by atoms with Crippen molar-refractivity contribution in [1.29, 1.82) is 0 Å². The number of rotatable bonds is 2. The molecule has 0 fully saturated rings. The Bertz CT molecular complexity index is 395. The Morgan fingerprint density at radius 1 is 1.57 bits per heavy atom. The fraction of sp³-hybridized carbons (Fsp3) is 0.444. The normalized spacial score (nSPS) is 10.3. The molecule has 1 rings (SSSR count). The molecule has 0 aliphatic heterocycles.